The molecule has 0 heterocycles. The monoisotopic (exact) mass is 286 g/mol. The van der Waals surface area contributed by atoms with Crippen LogP contribution in [0.2, 0.25) is 5.02 Å². The van der Waals surface area contributed by atoms with Crippen molar-refractivity contribution in [3.63, 3.8) is 0 Å². The molecule has 0 radical (unpaired) electrons. The number of hydrogen-bond acceptors (Lipinski definition) is 4. The second kappa shape index (κ2) is 8.74. The standard InChI is InChI=1S/C13H19ClN2O3/c1-18-8-7-16-13(17)9-19-12-4-2-3-11(14)10(12)5-6-15/h2-4H,5-9,15H2,1H3,(H,16,17). The Morgan fingerprint density at radius 1 is 1.47 bits per heavy atom. The van der Waals surface area contributed by atoms with Crippen LogP contribution in [0.25, 0.3) is 0 Å². The van der Waals surface area contributed by atoms with E-state index in [0.29, 0.717) is 36.9 Å². The van der Waals surface area contributed by atoms with Gasteiger partial charge in [-0.1, -0.05) is 17.7 Å². The van der Waals surface area contributed by atoms with Gasteiger partial charge in [0.25, 0.3) is 5.91 Å². The van der Waals surface area contributed by atoms with Crippen molar-refractivity contribution in [3.8, 4) is 5.75 Å². The average Bonchev–Trinajstić information content (AvgIpc) is 2.40. The molecule has 3 N–H and O–H groups in total. The van der Waals surface area contributed by atoms with Crippen LogP contribution in [0.5, 0.6) is 5.75 Å². The summed E-state index contributed by atoms with van der Waals surface area (Å²) in [5.41, 5.74) is 6.36. The van der Waals surface area contributed by atoms with Gasteiger partial charge in [-0.05, 0) is 25.1 Å². The molecule has 1 aromatic carbocycles. The Balaban J connectivity index is 2.52. The smallest absolute Gasteiger partial charge is 0.258 e. The number of amides is 1. The fourth-order valence-electron chi connectivity index (χ4n) is 1.55. The number of benzene rings is 1. The molecule has 0 aliphatic carbocycles. The fourth-order valence-corrected chi connectivity index (χ4v) is 1.81. The second-order valence-corrected chi connectivity index (χ2v) is 4.29. The topological polar surface area (TPSA) is 73.6 Å². The first-order chi connectivity index (χ1) is 9.19. The van der Waals surface area contributed by atoms with Gasteiger partial charge in [0, 0.05) is 24.2 Å². The molecule has 1 amide bonds. The van der Waals surface area contributed by atoms with Crippen molar-refractivity contribution in [2.45, 2.75) is 6.42 Å². The number of carbonyl (C=O) groups is 1. The molecule has 0 fully saturated rings. The molecule has 6 heteroatoms. The van der Waals surface area contributed by atoms with Crippen LogP contribution in [0.4, 0.5) is 0 Å². The minimum atomic E-state index is -0.198. The maximum Gasteiger partial charge on any atom is 0.258 e. The van der Waals surface area contributed by atoms with E-state index in [2.05, 4.69) is 5.32 Å². The third-order valence-corrected chi connectivity index (χ3v) is 2.81. The Labute approximate surface area is 118 Å². The van der Waals surface area contributed by atoms with Crippen molar-refractivity contribution in [1.82, 2.24) is 5.32 Å². The number of rotatable bonds is 8. The summed E-state index contributed by atoms with van der Waals surface area (Å²) in [6.07, 6.45) is 0.611. The van der Waals surface area contributed by atoms with Gasteiger partial charge >= 0.3 is 0 Å². The van der Waals surface area contributed by atoms with Gasteiger partial charge in [-0.15, -0.1) is 0 Å². The van der Waals surface area contributed by atoms with E-state index in [4.69, 9.17) is 26.8 Å². The molecule has 0 saturated carbocycles. The minimum Gasteiger partial charge on any atom is -0.483 e. The minimum absolute atomic E-state index is 0.0539. The molecule has 0 saturated heterocycles. The number of methoxy groups -OCH3 is 1. The highest BCUT2D eigenvalue weighted by Gasteiger charge is 2.09. The zero-order valence-electron chi connectivity index (χ0n) is 10.9. The third kappa shape index (κ3) is 5.46. The van der Waals surface area contributed by atoms with Crippen molar-refractivity contribution >= 4 is 17.5 Å². The van der Waals surface area contributed by atoms with E-state index in [1.165, 1.54) is 0 Å². The third-order valence-electron chi connectivity index (χ3n) is 2.46. The molecule has 0 bridgehead atoms. The zero-order valence-corrected chi connectivity index (χ0v) is 11.7. The van der Waals surface area contributed by atoms with Crippen molar-refractivity contribution in [3.05, 3.63) is 28.8 Å². The number of hydrogen-bond donors (Lipinski definition) is 2. The van der Waals surface area contributed by atoms with Gasteiger partial charge in [0.05, 0.1) is 6.61 Å². The molecule has 1 aromatic rings. The van der Waals surface area contributed by atoms with E-state index in [-0.39, 0.29) is 12.5 Å². The Hall–Kier alpha value is -1.30. The molecule has 0 unspecified atom stereocenters. The van der Waals surface area contributed by atoms with E-state index in [1.54, 1.807) is 25.3 Å². The highest BCUT2D eigenvalue weighted by molar-refractivity contribution is 6.31. The first-order valence-corrected chi connectivity index (χ1v) is 6.42. The predicted octanol–water partition coefficient (Wildman–Crippen LogP) is 0.983. The summed E-state index contributed by atoms with van der Waals surface area (Å²) in [4.78, 5) is 11.5. The zero-order chi connectivity index (χ0) is 14.1. The summed E-state index contributed by atoms with van der Waals surface area (Å²) < 4.78 is 10.3. The lowest BCUT2D eigenvalue weighted by Gasteiger charge is -2.12. The predicted molar refractivity (Wildman–Crippen MR) is 74.6 cm³/mol. The van der Waals surface area contributed by atoms with E-state index in [1.807, 2.05) is 0 Å². The molecule has 0 aliphatic rings. The van der Waals surface area contributed by atoms with E-state index in [9.17, 15) is 4.79 Å². The van der Waals surface area contributed by atoms with Crippen LogP contribution < -0.4 is 15.8 Å². The lowest BCUT2D eigenvalue weighted by Crippen LogP contribution is -2.31. The molecule has 0 aromatic heterocycles. The van der Waals surface area contributed by atoms with Crippen LogP contribution in [0.1, 0.15) is 5.56 Å². The Kier molecular flexibility index (Phi) is 7.25. The Bertz CT molecular complexity index is 413. The number of nitrogens with one attached hydrogen (secondary N) is 1. The van der Waals surface area contributed by atoms with Gasteiger partial charge in [-0.2, -0.15) is 0 Å². The number of ether oxygens (including phenoxy) is 2. The second-order valence-electron chi connectivity index (χ2n) is 3.89. The number of halogens is 1. The van der Waals surface area contributed by atoms with Gasteiger partial charge in [0.15, 0.2) is 6.61 Å². The SMILES string of the molecule is COCCNC(=O)COc1cccc(Cl)c1CCN. The van der Waals surface area contributed by atoms with Gasteiger partial charge in [-0.25, -0.2) is 0 Å². The molecule has 5 nitrogen and oxygen atoms in total. The van der Waals surface area contributed by atoms with Crippen molar-refractivity contribution < 1.29 is 14.3 Å². The van der Waals surface area contributed by atoms with Crippen LogP contribution in [-0.2, 0) is 16.0 Å². The van der Waals surface area contributed by atoms with E-state index >= 15 is 0 Å². The van der Waals surface area contributed by atoms with Gasteiger partial charge in [-0.3, -0.25) is 4.79 Å². The molecule has 0 spiro atoms. The summed E-state index contributed by atoms with van der Waals surface area (Å²) in [7, 11) is 1.58. The van der Waals surface area contributed by atoms with E-state index in [0.717, 1.165) is 5.56 Å². The highest BCUT2D eigenvalue weighted by Crippen LogP contribution is 2.26. The maximum absolute atomic E-state index is 11.5. The fraction of sp³-hybridized carbons (Fsp3) is 0.462. The summed E-state index contributed by atoms with van der Waals surface area (Å²) in [6, 6.07) is 5.33. The highest BCUT2D eigenvalue weighted by atomic mass is 35.5. The maximum atomic E-state index is 11.5. The van der Waals surface area contributed by atoms with Crippen molar-refractivity contribution in [1.29, 1.82) is 0 Å². The molecule has 106 valence electrons. The lowest BCUT2D eigenvalue weighted by atomic mass is 10.1. The Morgan fingerprint density at radius 2 is 2.26 bits per heavy atom. The summed E-state index contributed by atoms with van der Waals surface area (Å²) >= 11 is 6.07. The number of carbonyl (C=O) groups excluding carboxylic acids is 1. The Morgan fingerprint density at radius 3 is 2.95 bits per heavy atom. The largest absolute Gasteiger partial charge is 0.483 e. The van der Waals surface area contributed by atoms with E-state index < -0.39 is 0 Å². The van der Waals surface area contributed by atoms with Crippen molar-refractivity contribution in [2.24, 2.45) is 5.73 Å². The van der Waals surface area contributed by atoms with Gasteiger partial charge in [0.1, 0.15) is 5.75 Å². The first kappa shape index (κ1) is 15.8. The van der Waals surface area contributed by atoms with Gasteiger partial charge in [0.2, 0.25) is 0 Å². The molecule has 0 aliphatic heterocycles. The van der Waals surface area contributed by atoms with Gasteiger partial charge < -0.3 is 20.5 Å². The van der Waals surface area contributed by atoms with Crippen LogP contribution in [0, 0.1) is 0 Å². The summed E-state index contributed by atoms with van der Waals surface area (Å²) in [6.45, 7) is 1.35. The first-order valence-electron chi connectivity index (χ1n) is 6.05. The molecule has 19 heavy (non-hydrogen) atoms. The summed E-state index contributed by atoms with van der Waals surface area (Å²) in [5, 5.41) is 3.27. The van der Waals surface area contributed by atoms with Crippen LogP contribution >= 0.6 is 11.6 Å². The number of nitrogens with two attached hydrogens (primary N) is 1. The van der Waals surface area contributed by atoms with Crippen LogP contribution in [-0.4, -0.2) is 39.3 Å². The quantitative estimate of drug-likeness (QED) is 0.699. The van der Waals surface area contributed by atoms with Crippen LogP contribution in [0.15, 0.2) is 18.2 Å². The summed E-state index contributed by atoms with van der Waals surface area (Å²) in [5.74, 6) is 0.399. The van der Waals surface area contributed by atoms with Crippen molar-refractivity contribution in [2.75, 3.05) is 33.4 Å². The lowest BCUT2D eigenvalue weighted by molar-refractivity contribution is -0.123. The molecular weight excluding hydrogens is 268 g/mol. The molecule has 1 rings (SSSR count). The molecule has 0 atom stereocenters. The molecular formula is C13H19ClN2O3. The normalized spacial score (nSPS) is 10.3. The van der Waals surface area contributed by atoms with Crippen LogP contribution in [0.3, 0.4) is 0 Å². The average molecular weight is 287 g/mol.